The fourth-order valence-electron chi connectivity index (χ4n) is 4.10. The van der Waals surface area contributed by atoms with Crippen molar-refractivity contribution in [1.29, 1.82) is 0 Å². The van der Waals surface area contributed by atoms with Gasteiger partial charge in [-0.05, 0) is 62.7 Å². The molecule has 2 atom stereocenters. The first kappa shape index (κ1) is 20.5. The molecule has 0 aliphatic heterocycles. The lowest BCUT2D eigenvalue weighted by atomic mass is 9.70. The summed E-state index contributed by atoms with van der Waals surface area (Å²) < 4.78 is 0. The van der Waals surface area contributed by atoms with Gasteiger partial charge in [0.1, 0.15) is 0 Å². The van der Waals surface area contributed by atoms with Gasteiger partial charge in [-0.15, -0.1) is 0 Å². The maximum absolute atomic E-state index is 8.76. The summed E-state index contributed by atoms with van der Waals surface area (Å²) in [7, 11) is 0. The number of aliphatic hydroxyl groups is 1. The molecule has 0 spiro atoms. The molecule has 0 saturated heterocycles. The van der Waals surface area contributed by atoms with Gasteiger partial charge in [0, 0.05) is 0 Å². The minimum Gasteiger partial charge on any atom is -0.392 e. The molecule has 0 amide bonds. The minimum absolute atomic E-state index is 0.176. The molecule has 0 aromatic rings. The lowest BCUT2D eigenvalue weighted by molar-refractivity contribution is 0.339. The number of aliphatic hydroxyl groups excluding tert-OH is 1. The maximum Gasteiger partial charge on any atom is 0.0612 e. The highest BCUT2D eigenvalue weighted by Gasteiger charge is 2.27. The number of hydrogen-bond acceptors (Lipinski definition) is 1. The fourth-order valence-corrected chi connectivity index (χ4v) is 4.10. The molecule has 1 rings (SSSR count). The van der Waals surface area contributed by atoms with Crippen LogP contribution in [0.2, 0.25) is 0 Å². The first-order valence-corrected chi connectivity index (χ1v) is 9.81. The highest BCUT2D eigenvalue weighted by atomic mass is 16.2. The normalized spacial score (nSPS) is 21.0. The fraction of sp³-hybridized carbons (Fsp3) is 0.818. The first-order chi connectivity index (χ1) is 10.9. The Morgan fingerprint density at radius 1 is 1.09 bits per heavy atom. The molecule has 1 heteroatoms. The molecule has 23 heavy (non-hydrogen) atoms. The predicted octanol–water partition coefficient (Wildman–Crippen LogP) is 6.67. The molecule has 0 unspecified atom stereocenters. The van der Waals surface area contributed by atoms with Crippen molar-refractivity contribution in [3.05, 3.63) is 23.3 Å². The monoisotopic (exact) mass is 320 g/mol. The second kappa shape index (κ2) is 10.3. The Morgan fingerprint density at radius 2 is 1.78 bits per heavy atom. The molecule has 134 valence electrons. The molecule has 0 saturated carbocycles. The Morgan fingerprint density at radius 3 is 2.43 bits per heavy atom. The standard InChI is InChI=1S/C22H40O/c1-18(10-6-7-17-23)11-8-12-19(2)14-15-21-20(3)13-9-16-22(21,4)5/h6-7,18-19,23H,8-17H2,1-5H3/b7-6+/t18-,19-/m0/s1. The zero-order valence-electron chi connectivity index (χ0n) is 16.3. The second-order valence-corrected chi connectivity index (χ2v) is 8.57. The van der Waals surface area contributed by atoms with Gasteiger partial charge in [0.05, 0.1) is 6.61 Å². The van der Waals surface area contributed by atoms with E-state index >= 15 is 0 Å². The predicted molar refractivity (Wildman–Crippen MR) is 103 cm³/mol. The Labute approximate surface area is 145 Å². The Kier molecular flexibility index (Phi) is 9.20. The maximum atomic E-state index is 8.76. The van der Waals surface area contributed by atoms with Crippen molar-refractivity contribution in [2.24, 2.45) is 17.3 Å². The van der Waals surface area contributed by atoms with Crippen LogP contribution in [0.1, 0.15) is 92.4 Å². The Bertz CT molecular complexity index is 389. The second-order valence-electron chi connectivity index (χ2n) is 8.57. The third-order valence-corrected chi connectivity index (χ3v) is 5.78. The molecule has 0 heterocycles. The van der Waals surface area contributed by atoms with Crippen molar-refractivity contribution >= 4 is 0 Å². The van der Waals surface area contributed by atoms with Crippen LogP contribution in [0.5, 0.6) is 0 Å². The number of allylic oxidation sites excluding steroid dienone is 3. The summed E-state index contributed by atoms with van der Waals surface area (Å²) in [6.07, 6.45) is 15.8. The molecule has 0 fully saturated rings. The Balaban J connectivity index is 2.26. The van der Waals surface area contributed by atoms with E-state index in [2.05, 4.69) is 40.7 Å². The summed E-state index contributed by atoms with van der Waals surface area (Å²) in [6, 6.07) is 0. The van der Waals surface area contributed by atoms with Crippen LogP contribution >= 0.6 is 0 Å². The van der Waals surface area contributed by atoms with E-state index in [4.69, 9.17) is 5.11 Å². The van der Waals surface area contributed by atoms with Crippen LogP contribution in [0, 0.1) is 17.3 Å². The van der Waals surface area contributed by atoms with E-state index in [0.29, 0.717) is 5.41 Å². The molecular weight excluding hydrogens is 280 g/mol. The summed E-state index contributed by atoms with van der Waals surface area (Å²) in [5.41, 5.74) is 3.88. The van der Waals surface area contributed by atoms with Crippen LogP contribution < -0.4 is 0 Å². The molecular formula is C22H40O. The van der Waals surface area contributed by atoms with Crippen LogP contribution in [0.25, 0.3) is 0 Å². The topological polar surface area (TPSA) is 20.2 Å². The van der Waals surface area contributed by atoms with Crippen LogP contribution in [-0.4, -0.2) is 11.7 Å². The van der Waals surface area contributed by atoms with Crippen LogP contribution in [0.15, 0.2) is 23.3 Å². The molecule has 1 aliphatic carbocycles. The zero-order valence-corrected chi connectivity index (χ0v) is 16.3. The largest absolute Gasteiger partial charge is 0.392 e. The van der Waals surface area contributed by atoms with E-state index < -0.39 is 0 Å². The van der Waals surface area contributed by atoms with Gasteiger partial charge in [-0.2, -0.15) is 0 Å². The quantitative estimate of drug-likeness (QED) is 0.445. The van der Waals surface area contributed by atoms with E-state index in [1.54, 1.807) is 11.1 Å². The van der Waals surface area contributed by atoms with Gasteiger partial charge in [0.25, 0.3) is 0 Å². The lowest BCUT2D eigenvalue weighted by Gasteiger charge is -2.35. The SMILES string of the molecule is CC1=C(CC[C@@H](C)CCC[C@@H](C)C/C=C/CO)C(C)(C)CCC1. The molecule has 0 bridgehead atoms. The Hall–Kier alpha value is -0.560. The van der Waals surface area contributed by atoms with E-state index in [1.807, 2.05) is 6.08 Å². The van der Waals surface area contributed by atoms with Gasteiger partial charge in [0.2, 0.25) is 0 Å². The molecule has 1 aliphatic rings. The van der Waals surface area contributed by atoms with Gasteiger partial charge < -0.3 is 5.11 Å². The van der Waals surface area contributed by atoms with Crippen LogP contribution in [0.4, 0.5) is 0 Å². The van der Waals surface area contributed by atoms with Crippen LogP contribution in [-0.2, 0) is 0 Å². The number of hydrogen-bond donors (Lipinski definition) is 1. The molecule has 1 N–H and O–H groups in total. The first-order valence-electron chi connectivity index (χ1n) is 9.81. The van der Waals surface area contributed by atoms with E-state index in [0.717, 1.165) is 18.3 Å². The zero-order chi connectivity index (χ0) is 17.3. The third-order valence-electron chi connectivity index (χ3n) is 5.78. The van der Waals surface area contributed by atoms with Crippen molar-refractivity contribution < 1.29 is 5.11 Å². The summed E-state index contributed by atoms with van der Waals surface area (Å²) in [6.45, 7) is 12.2. The van der Waals surface area contributed by atoms with E-state index in [1.165, 1.54) is 51.4 Å². The minimum atomic E-state index is 0.176. The highest BCUT2D eigenvalue weighted by Crippen LogP contribution is 2.42. The average Bonchev–Trinajstić information content (AvgIpc) is 2.46. The molecule has 0 aromatic carbocycles. The summed E-state index contributed by atoms with van der Waals surface area (Å²) in [5, 5.41) is 8.76. The molecule has 0 radical (unpaired) electrons. The van der Waals surface area contributed by atoms with Gasteiger partial charge in [-0.3, -0.25) is 0 Å². The average molecular weight is 321 g/mol. The van der Waals surface area contributed by atoms with Gasteiger partial charge >= 0.3 is 0 Å². The van der Waals surface area contributed by atoms with Crippen molar-refractivity contribution in [2.45, 2.75) is 92.4 Å². The van der Waals surface area contributed by atoms with Crippen LogP contribution in [0.3, 0.4) is 0 Å². The van der Waals surface area contributed by atoms with E-state index in [9.17, 15) is 0 Å². The highest BCUT2D eigenvalue weighted by molar-refractivity contribution is 5.22. The van der Waals surface area contributed by atoms with E-state index in [-0.39, 0.29) is 6.61 Å². The smallest absolute Gasteiger partial charge is 0.0612 e. The van der Waals surface area contributed by atoms with Crippen molar-refractivity contribution in [1.82, 2.24) is 0 Å². The van der Waals surface area contributed by atoms with Gasteiger partial charge in [-0.1, -0.05) is 70.3 Å². The number of rotatable bonds is 10. The van der Waals surface area contributed by atoms with Crippen molar-refractivity contribution in [3.8, 4) is 0 Å². The van der Waals surface area contributed by atoms with Crippen molar-refractivity contribution in [2.75, 3.05) is 6.61 Å². The van der Waals surface area contributed by atoms with Crippen molar-refractivity contribution in [3.63, 3.8) is 0 Å². The van der Waals surface area contributed by atoms with Gasteiger partial charge in [-0.25, -0.2) is 0 Å². The lowest BCUT2D eigenvalue weighted by Crippen LogP contribution is -2.20. The summed E-state index contributed by atoms with van der Waals surface area (Å²) in [4.78, 5) is 0. The summed E-state index contributed by atoms with van der Waals surface area (Å²) >= 11 is 0. The molecule has 1 nitrogen and oxygen atoms in total. The summed E-state index contributed by atoms with van der Waals surface area (Å²) in [5.74, 6) is 1.58. The third kappa shape index (κ3) is 7.70. The molecule has 0 aromatic heterocycles. The van der Waals surface area contributed by atoms with Gasteiger partial charge in [0.15, 0.2) is 0 Å².